The van der Waals surface area contributed by atoms with E-state index in [-0.39, 0.29) is 18.0 Å². The summed E-state index contributed by atoms with van der Waals surface area (Å²) >= 11 is 6.03. The molecule has 102 valence electrons. The molecule has 0 saturated carbocycles. The Hall–Kier alpha value is -1.06. The Morgan fingerprint density at radius 2 is 2.21 bits per heavy atom. The molecule has 0 bridgehead atoms. The molecule has 19 heavy (non-hydrogen) atoms. The average molecular weight is 280 g/mol. The van der Waals surface area contributed by atoms with E-state index in [9.17, 15) is 9.90 Å². The molecule has 0 spiro atoms. The predicted molar refractivity (Wildman–Crippen MR) is 74.4 cm³/mol. The van der Waals surface area contributed by atoms with Gasteiger partial charge in [0, 0.05) is 11.1 Å². The Bertz CT molecular complexity index is 517. The van der Waals surface area contributed by atoms with Crippen molar-refractivity contribution in [1.82, 2.24) is 4.90 Å². The zero-order valence-electron chi connectivity index (χ0n) is 11.0. The molecule has 3 nitrogen and oxygen atoms in total. The minimum atomic E-state index is -0.688. The van der Waals surface area contributed by atoms with Crippen molar-refractivity contribution in [1.29, 1.82) is 0 Å². The molecule has 3 atom stereocenters. The Morgan fingerprint density at radius 1 is 1.42 bits per heavy atom. The van der Waals surface area contributed by atoms with Crippen molar-refractivity contribution in [3.63, 3.8) is 0 Å². The fraction of sp³-hybridized carbons (Fsp3) is 0.533. The van der Waals surface area contributed by atoms with Crippen LogP contribution in [-0.2, 0) is 11.2 Å². The molecule has 2 aliphatic rings. The fourth-order valence-corrected chi connectivity index (χ4v) is 3.81. The molecule has 1 aliphatic carbocycles. The van der Waals surface area contributed by atoms with Crippen molar-refractivity contribution >= 4 is 17.6 Å². The number of fused-ring (bicyclic) bond motifs is 1. The van der Waals surface area contributed by atoms with Crippen LogP contribution < -0.4 is 0 Å². The van der Waals surface area contributed by atoms with E-state index >= 15 is 0 Å². The highest BCUT2D eigenvalue weighted by atomic mass is 35.5. The molecule has 0 radical (unpaired) electrons. The van der Waals surface area contributed by atoms with Crippen LogP contribution in [0, 0.1) is 5.92 Å². The average Bonchev–Trinajstić information content (AvgIpc) is 2.91. The third kappa shape index (κ3) is 2.15. The van der Waals surface area contributed by atoms with Gasteiger partial charge in [-0.1, -0.05) is 24.6 Å². The SMILES string of the molecule is CC1CCN(C2CCc3cc(Cl)ccc32)C1C(=O)O. The second kappa shape index (κ2) is 4.80. The first kappa shape index (κ1) is 12.9. The monoisotopic (exact) mass is 279 g/mol. The van der Waals surface area contributed by atoms with Crippen LogP contribution in [0.15, 0.2) is 18.2 Å². The van der Waals surface area contributed by atoms with E-state index in [4.69, 9.17) is 11.6 Å². The third-order valence-electron chi connectivity index (χ3n) is 4.54. The zero-order valence-corrected chi connectivity index (χ0v) is 11.7. The van der Waals surface area contributed by atoms with Gasteiger partial charge in [0.25, 0.3) is 0 Å². The number of benzene rings is 1. The van der Waals surface area contributed by atoms with Gasteiger partial charge in [0.1, 0.15) is 6.04 Å². The smallest absolute Gasteiger partial charge is 0.321 e. The number of hydrogen-bond acceptors (Lipinski definition) is 2. The highest BCUT2D eigenvalue weighted by Gasteiger charge is 2.42. The number of carboxylic acids is 1. The number of aryl methyl sites for hydroxylation is 1. The number of rotatable bonds is 2. The minimum absolute atomic E-state index is 0.230. The van der Waals surface area contributed by atoms with Crippen LogP contribution in [0.1, 0.15) is 36.9 Å². The summed E-state index contributed by atoms with van der Waals surface area (Å²) in [5.74, 6) is -0.457. The number of nitrogens with zero attached hydrogens (tertiary/aromatic N) is 1. The maximum atomic E-state index is 11.5. The van der Waals surface area contributed by atoms with Gasteiger partial charge in [-0.25, -0.2) is 0 Å². The van der Waals surface area contributed by atoms with Gasteiger partial charge in [0.05, 0.1) is 0 Å². The highest BCUT2D eigenvalue weighted by Crippen LogP contribution is 2.41. The molecule has 4 heteroatoms. The van der Waals surface area contributed by atoms with E-state index in [0.29, 0.717) is 0 Å². The lowest BCUT2D eigenvalue weighted by atomic mass is 10.0. The number of aliphatic carboxylic acids is 1. The second-order valence-electron chi connectivity index (χ2n) is 5.68. The van der Waals surface area contributed by atoms with E-state index in [1.165, 1.54) is 11.1 Å². The van der Waals surface area contributed by atoms with Gasteiger partial charge in [-0.05, 0) is 55.0 Å². The summed E-state index contributed by atoms with van der Waals surface area (Å²) in [6.45, 7) is 2.92. The maximum absolute atomic E-state index is 11.5. The predicted octanol–water partition coefficient (Wildman–Crippen LogP) is 3.12. The molecule has 3 rings (SSSR count). The lowest BCUT2D eigenvalue weighted by Crippen LogP contribution is -2.40. The van der Waals surface area contributed by atoms with Crippen molar-refractivity contribution < 1.29 is 9.90 Å². The molecule has 1 aliphatic heterocycles. The van der Waals surface area contributed by atoms with Crippen molar-refractivity contribution in [3.05, 3.63) is 34.3 Å². The molecule has 0 aromatic heterocycles. The first-order chi connectivity index (χ1) is 9.08. The number of carbonyl (C=O) groups is 1. The largest absolute Gasteiger partial charge is 0.480 e. The van der Waals surface area contributed by atoms with Gasteiger partial charge in [-0.15, -0.1) is 0 Å². The van der Waals surface area contributed by atoms with Crippen LogP contribution >= 0.6 is 11.6 Å². The van der Waals surface area contributed by atoms with Crippen LogP contribution in [-0.4, -0.2) is 28.6 Å². The molecule has 1 aromatic carbocycles. The van der Waals surface area contributed by atoms with E-state index in [2.05, 4.69) is 11.0 Å². The van der Waals surface area contributed by atoms with Gasteiger partial charge in [0.15, 0.2) is 0 Å². The van der Waals surface area contributed by atoms with E-state index < -0.39 is 5.97 Å². The number of likely N-dealkylation sites (tertiary alicyclic amines) is 1. The highest BCUT2D eigenvalue weighted by molar-refractivity contribution is 6.30. The maximum Gasteiger partial charge on any atom is 0.321 e. The number of halogens is 1. The van der Waals surface area contributed by atoms with Crippen LogP contribution in [0.2, 0.25) is 5.02 Å². The molecule has 1 aromatic rings. The summed E-state index contributed by atoms with van der Waals surface area (Å²) in [4.78, 5) is 13.7. The van der Waals surface area contributed by atoms with Crippen LogP contribution in [0.3, 0.4) is 0 Å². The molecular formula is C15H18ClNO2. The zero-order chi connectivity index (χ0) is 13.6. The van der Waals surface area contributed by atoms with Crippen molar-refractivity contribution in [2.75, 3.05) is 6.54 Å². The van der Waals surface area contributed by atoms with Gasteiger partial charge in [0.2, 0.25) is 0 Å². The quantitative estimate of drug-likeness (QED) is 0.904. The first-order valence-electron chi connectivity index (χ1n) is 6.85. The summed E-state index contributed by atoms with van der Waals surface area (Å²) in [6.07, 6.45) is 2.97. The summed E-state index contributed by atoms with van der Waals surface area (Å²) in [5, 5.41) is 10.2. The number of hydrogen-bond donors (Lipinski definition) is 1. The van der Waals surface area contributed by atoms with Gasteiger partial charge >= 0.3 is 5.97 Å². The normalized spacial score (nSPS) is 30.5. The van der Waals surface area contributed by atoms with Crippen molar-refractivity contribution in [2.24, 2.45) is 5.92 Å². The van der Waals surface area contributed by atoms with E-state index in [1.807, 2.05) is 19.1 Å². The minimum Gasteiger partial charge on any atom is -0.480 e. The second-order valence-corrected chi connectivity index (χ2v) is 6.12. The lowest BCUT2D eigenvalue weighted by Gasteiger charge is -2.30. The Kier molecular flexibility index (Phi) is 3.27. The molecule has 1 saturated heterocycles. The molecule has 1 heterocycles. The van der Waals surface area contributed by atoms with Gasteiger partial charge in [-0.3, -0.25) is 9.69 Å². The van der Waals surface area contributed by atoms with Crippen LogP contribution in [0.4, 0.5) is 0 Å². The van der Waals surface area contributed by atoms with E-state index in [1.54, 1.807) is 0 Å². The molecule has 1 fully saturated rings. The summed E-state index contributed by atoms with van der Waals surface area (Å²) in [6, 6.07) is 5.90. The molecular weight excluding hydrogens is 262 g/mol. The summed E-state index contributed by atoms with van der Waals surface area (Å²) < 4.78 is 0. The summed E-state index contributed by atoms with van der Waals surface area (Å²) in [7, 11) is 0. The topological polar surface area (TPSA) is 40.5 Å². The van der Waals surface area contributed by atoms with Gasteiger partial charge < -0.3 is 5.11 Å². The van der Waals surface area contributed by atoms with Crippen molar-refractivity contribution in [3.8, 4) is 0 Å². The fourth-order valence-electron chi connectivity index (χ4n) is 3.62. The lowest BCUT2D eigenvalue weighted by molar-refractivity contribution is -0.144. The standard InChI is InChI=1S/C15H18ClNO2/c1-9-6-7-17(14(9)15(18)19)13-5-2-10-8-11(16)3-4-12(10)13/h3-4,8-9,13-14H,2,5-7H2,1H3,(H,18,19). The van der Waals surface area contributed by atoms with Crippen molar-refractivity contribution in [2.45, 2.75) is 38.3 Å². The Labute approximate surface area is 118 Å². The first-order valence-corrected chi connectivity index (χ1v) is 7.22. The van der Waals surface area contributed by atoms with Crippen LogP contribution in [0.5, 0.6) is 0 Å². The van der Waals surface area contributed by atoms with E-state index in [0.717, 1.165) is 30.8 Å². The summed E-state index contributed by atoms with van der Waals surface area (Å²) in [5.41, 5.74) is 2.55. The Morgan fingerprint density at radius 3 is 2.95 bits per heavy atom. The third-order valence-corrected chi connectivity index (χ3v) is 4.78. The molecule has 3 unspecified atom stereocenters. The van der Waals surface area contributed by atoms with Crippen LogP contribution in [0.25, 0.3) is 0 Å². The van der Waals surface area contributed by atoms with Gasteiger partial charge in [-0.2, -0.15) is 0 Å². The number of carboxylic acid groups (broad SMARTS) is 1. The molecule has 1 N–H and O–H groups in total. The Balaban J connectivity index is 1.91. The molecule has 0 amide bonds.